The minimum absolute atomic E-state index is 0.0888. The van der Waals surface area contributed by atoms with Gasteiger partial charge >= 0.3 is 0 Å². The molecule has 86 valence electrons. The third-order valence-corrected chi connectivity index (χ3v) is 3.38. The van der Waals surface area contributed by atoms with Gasteiger partial charge in [0.25, 0.3) is 0 Å². The van der Waals surface area contributed by atoms with Crippen molar-refractivity contribution in [2.45, 2.75) is 24.8 Å². The van der Waals surface area contributed by atoms with Crippen LogP contribution in [0.2, 0.25) is 0 Å². The van der Waals surface area contributed by atoms with E-state index in [-0.39, 0.29) is 12.0 Å². The van der Waals surface area contributed by atoms with Crippen LogP contribution in [0.3, 0.4) is 0 Å². The molecule has 17 heavy (non-hydrogen) atoms. The summed E-state index contributed by atoms with van der Waals surface area (Å²) in [5, 5.41) is 0. The normalized spacial score (nSPS) is 19.9. The lowest BCUT2D eigenvalue weighted by Gasteiger charge is -2.18. The monoisotopic (exact) mass is 226 g/mol. The summed E-state index contributed by atoms with van der Waals surface area (Å²) in [6.45, 7) is 0. The molecular formula is C13H14N4. The summed E-state index contributed by atoms with van der Waals surface area (Å²) in [5.74, 6) is 0.279. The number of hydrogen-bond acceptors (Lipinski definition) is 4. The van der Waals surface area contributed by atoms with E-state index in [4.69, 9.17) is 5.73 Å². The third-order valence-electron chi connectivity index (χ3n) is 3.38. The van der Waals surface area contributed by atoms with Crippen LogP contribution in [-0.2, 0) is 6.42 Å². The number of hydrogen-bond donors (Lipinski definition) is 1. The minimum Gasteiger partial charge on any atom is -0.322 e. The van der Waals surface area contributed by atoms with E-state index in [0.29, 0.717) is 0 Å². The fourth-order valence-electron chi connectivity index (χ4n) is 2.50. The van der Waals surface area contributed by atoms with Gasteiger partial charge in [-0.1, -0.05) is 6.07 Å². The van der Waals surface area contributed by atoms with Gasteiger partial charge in [-0.05, 0) is 30.5 Å². The van der Waals surface area contributed by atoms with Gasteiger partial charge in [-0.15, -0.1) is 0 Å². The minimum atomic E-state index is -0.0888. The van der Waals surface area contributed by atoms with Crippen LogP contribution in [0.15, 0.2) is 36.9 Å². The average Bonchev–Trinajstić information content (AvgIpc) is 2.83. The Bertz CT molecular complexity index is 512. The van der Waals surface area contributed by atoms with Gasteiger partial charge in [-0.2, -0.15) is 0 Å². The van der Waals surface area contributed by atoms with Crippen molar-refractivity contribution in [3.05, 3.63) is 53.9 Å². The highest BCUT2D eigenvalue weighted by Gasteiger charge is 2.30. The van der Waals surface area contributed by atoms with Crippen LogP contribution in [0.25, 0.3) is 0 Å². The molecule has 4 nitrogen and oxygen atoms in total. The summed E-state index contributed by atoms with van der Waals surface area (Å²) in [5.41, 5.74) is 9.64. The number of aromatic nitrogens is 3. The summed E-state index contributed by atoms with van der Waals surface area (Å²) in [4.78, 5) is 12.6. The van der Waals surface area contributed by atoms with Crippen LogP contribution in [0.4, 0.5) is 0 Å². The van der Waals surface area contributed by atoms with Gasteiger partial charge in [-0.25, -0.2) is 9.97 Å². The van der Waals surface area contributed by atoms with Crippen molar-refractivity contribution in [3.8, 4) is 0 Å². The van der Waals surface area contributed by atoms with Crippen molar-refractivity contribution >= 4 is 0 Å². The van der Waals surface area contributed by atoms with Crippen molar-refractivity contribution in [2.75, 3.05) is 0 Å². The molecule has 1 aliphatic carbocycles. The Kier molecular flexibility index (Phi) is 2.57. The Morgan fingerprint density at radius 1 is 1.24 bits per heavy atom. The number of pyridine rings is 1. The quantitative estimate of drug-likeness (QED) is 0.844. The Morgan fingerprint density at radius 3 is 3.00 bits per heavy atom. The number of nitrogens with two attached hydrogens (primary N) is 1. The van der Waals surface area contributed by atoms with Gasteiger partial charge < -0.3 is 5.73 Å². The van der Waals surface area contributed by atoms with E-state index in [9.17, 15) is 0 Å². The lowest BCUT2D eigenvalue weighted by molar-refractivity contribution is 0.529. The zero-order valence-corrected chi connectivity index (χ0v) is 9.45. The molecule has 2 heterocycles. The first kappa shape index (κ1) is 10.4. The van der Waals surface area contributed by atoms with E-state index < -0.39 is 0 Å². The summed E-state index contributed by atoms with van der Waals surface area (Å²) in [6.07, 6.45) is 7.23. The van der Waals surface area contributed by atoms with Gasteiger partial charge in [0.05, 0.1) is 11.7 Å². The van der Waals surface area contributed by atoms with Gasteiger partial charge in [0, 0.05) is 24.0 Å². The Balaban J connectivity index is 1.92. The maximum atomic E-state index is 6.28. The molecule has 1 aliphatic rings. The van der Waals surface area contributed by atoms with Gasteiger partial charge in [-0.3, -0.25) is 4.98 Å². The molecule has 2 atom stereocenters. The first-order valence-corrected chi connectivity index (χ1v) is 5.81. The number of aryl methyl sites for hydroxylation is 1. The fraction of sp³-hybridized carbons (Fsp3) is 0.308. The Morgan fingerprint density at radius 2 is 2.18 bits per heavy atom. The molecular weight excluding hydrogens is 212 g/mol. The largest absolute Gasteiger partial charge is 0.322 e. The zero-order chi connectivity index (χ0) is 11.7. The highest BCUT2D eigenvalue weighted by molar-refractivity contribution is 5.31. The molecule has 0 saturated carbocycles. The molecule has 0 fully saturated rings. The molecule has 2 N–H and O–H groups in total. The predicted octanol–water partition coefficient (Wildman–Crippen LogP) is 1.60. The SMILES string of the molecule is NC(c1ccncn1)C1CCc2cccnc21. The molecule has 2 aromatic rings. The summed E-state index contributed by atoms with van der Waals surface area (Å²) < 4.78 is 0. The van der Waals surface area contributed by atoms with Crippen LogP contribution < -0.4 is 5.73 Å². The molecule has 0 saturated heterocycles. The van der Waals surface area contributed by atoms with Crippen LogP contribution in [0.5, 0.6) is 0 Å². The summed E-state index contributed by atoms with van der Waals surface area (Å²) in [6, 6.07) is 5.91. The molecule has 0 aliphatic heterocycles. The second kappa shape index (κ2) is 4.22. The Labute approximate surface area is 99.9 Å². The molecule has 0 bridgehead atoms. The van der Waals surface area contributed by atoms with Gasteiger partial charge in [0.1, 0.15) is 6.33 Å². The van der Waals surface area contributed by atoms with E-state index in [1.807, 2.05) is 18.3 Å². The smallest absolute Gasteiger partial charge is 0.115 e. The van der Waals surface area contributed by atoms with Crippen molar-refractivity contribution in [2.24, 2.45) is 5.73 Å². The van der Waals surface area contributed by atoms with Crippen LogP contribution in [0, 0.1) is 0 Å². The molecule has 0 spiro atoms. The standard InChI is InChI=1S/C13H14N4/c14-12(11-5-7-15-8-17-11)10-4-3-9-2-1-6-16-13(9)10/h1-2,5-8,10,12H,3-4,14H2. The number of fused-ring (bicyclic) bond motifs is 1. The van der Waals surface area contributed by atoms with E-state index in [1.165, 1.54) is 5.56 Å². The van der Waals surface area contributed by atoms with Crippen molar-refractivity contribution in [1.29, 1.82) is 0 Å². The molecule has 2 aromatic heterocycles. The van der Waals surface area contributed by atoms with E-state index in [0.717, 1.165) is 24.2 Å². The predicted molar refractivity (Wildman–Crippen MR) is 64.3 cm³/mol. The average molecular weight is 226 g/mol. The molecule has 4 heteroatoms. The first-order valence-electron chi connectivity index (χ1n) is 5.81. The maximum Gasteiger partial charge on any atom is 0.115 e. The second-order valence-electron chi connectivity index (χ2n) is 4.35. The topological polar surface area (TPSA) is 64.7 Å². The fourth-order valence-corrected chi connectivity index (χ4v) is 2.50. The second-order valence-corrected chi connectivity index (χ2v) is 4.35. The van der Waals surface area contributed by atoms with E-state index >= 15 is 0 Å². The molecule has 3 rings (SSSR count). The first-order chi connectivity index (χ1) is 8.36. The van der Waals surface area contributed by atoms with E-state index in [1.54, 1.807) is 12.5 Å². The Hall–Kier alpha value is -1.81. The number of rotatable bonds is 2. The molecule has 0 radical (unpaired) electrons. The lowest BCUT2D eigenvalue weighted by atomic mass is 9.95. The zero-order valence-electron chi connectivity index (χ0n) is 9.45. The van der Waals surface area contributed by atoms with Crippen LogP contribution in [0.1, 0.15) is 35.3 Å². The number of nitrogens with zero attached hydrogens (tertiary/aromatic N) is 3. The highest BCUT2D eigenvalue weighted by atomic mass is 14.9. The summed E-state index contributed by atoms with van der Waals surface area (Å²) in [7, 11) is 0. The molecule has 0 amide bonds. The molecule has 0 aromatic carbocycles. The highest BCUT2D eigenvalue weighted by Crippen LogP contribution is 2.38. The van der Waals surface area contributed by atoms with Crippen molar-refractivity contribution in [1.82, 2.24) is 15.0 Å². The maximum absolute atomic E-state index is 6.28. The molecule has 2 unspecified atom stereocenters. The third kappa shape index (κ3) is 1.80. The van der Waals surface area contributed by atoms with Crippen LogP contribution >= 0.6 is 0 Å². The van der Waals surface area contributed by atoms with Gasteiger partial charge in [0.15, 0.2) is 0 Å². The lowest BCUT2D eigenvalue weighted by Crippen LogP contribution is -2.20. The van der Waals surface area contributed by atoms with Crippen molar-refractivity contribution < 1.29 is 0 Å². The summed E-state index contributed by atoms with van der Waals surface area (Å²) >= 11 is 0. The van der Waals surface area contributed by atoms with Crippen LogP contribution in [-0.4, -0.2) is 15.0 Å². The van der Waals surface area contributed by atoms with Gasteiger partial charge in [0.2, 0.25) is 0 Å². The van der Waals surface area contributed by atoms with Crippen molar-refractivity contribution in [3.63, 3.8) is 0 Å². The van der Waals surface area contributed by atoms with E-state index in [2.05, 4.69) is 21.0 Å².